The van der Waals surface area contributed by atoms with Gasteiger partial charge < -0.3 is 6.16 Å². The third-order valence-electron chi connectivity index (χ3n) is 4.12. The van der Waals surface area contributed by atoms with Gasteiger partial charge in [-0.3, -0.25) is 4.79 Å². The maximum absolute atomic E-state index is 12.8. The number of hydrogen-bond donors (Lipinski definition) is 0. The van der Waals surface area contributed by atoms with Crippen LogP contribution in [0, 0.1) is 27.7 Å². The zero-order valence-electron chi connectivity index (χ0n) is 17.7. The van der Waals surface area contributed by atoms with Gasteiger partial charge in [0.05, 0.1) is 0 Å². The maximum Gasteiger partial charge on any atom is 1.00 e. The fraction of sp³-hybridized carbons (Fsp3) is 0.381. The van der Waals surface area contributed by atoms with Crippen LogP contribution >= 0.6 is 8.58 Å². The first-order valence-electron chi connectivity index (χ1n) is 8.26. The standard InChI is InChI=1S/C21H27O2P.Li.H/c1-13-12-14(2)19(16(4)15(13)3)20(22)24-18-10-8-17(9-11-18)23-21(5,6)7;;/h8-12,24H,1-7H3;;/q;+1;-1. The molecule has 2 nitrogen and oxygen atoms in total. The van der Waals surface area contributed by atoms with Gasteiger partial charge in [0, 0.05) is 5.56 Å². The first-order chi connectivity index (χ1) is 11.1. The van der Waals surface area contributed by atoms with Gasteiger partial charge in [-0.1, -0.05) is 18.2 Å². The van der Waals surface area contributed by atoms with Gasteiger partial charge in [0.25, 0.3) is 0 Å². The molecule has 1 unspecified atom stereocenters. The number of carbonyl (C=O) groups excluding carboxylic acids is 1. The van der Waals surface area contributed by atoms with Crippen LogP contribution in [0.1, 0.15) is 54.8 Å². The van der Waals surface area contributed by atoms with E-state index in [-0.39, 0.29) is 40.0 Å². The summed E-state index contributed by atoms with van der Waals surface area (Å²) in [4.78, 5) is 12.8. The van der Waals surface area contributed by atoms with Gasteiger partial charge in [-0.25, -0.2) is 0 Å². The molecule has 0 aliphatic rings. The van der Waals surface area contributed by atoms with E-state index in [1.807, 2.05) is 58.9 Å². The van der Waals surface area contributed by atoms with Crippen molar-refractivity contribution < 1.29 is 29.8 Å². The van der Waals surface area contributed by atoms with Crippen LogP contribution < -0.4 is 28.9 Å². The van der Waals surface area contributed by atoms with Crippen molar-refractivity contribution in [2.24, 2.45) is 0 Å². The molecule has 0 saturated carbocycles. The molecule has 25 heavy (non-hydrogen) atoms. The van der Waals surface area contributed by atoms with Gasteiger partial charge in [0.15, 0.2) is 5.52 Å². The third-order valence-corrected chi connectivity index (χ3v) is 5.22. The summed E-state index contributed by atoms with van der Waals surface area (Å²) in [5.74, 6) is 0.835. The SMILES string of the molecule is Cc1cc(C)c(C(=O)Pc2ccc(OC(C)(C)C)cc2)c(C)c1C.[H-].[Li+]. The Morgan fingerprint density at radius 1 is 0.960 bits per heavy atom. The number of benzene rings is 2. The van der Waals surface area contributed by atoms with Crippen LogP contribution in [0.3, 0.4) is 0 Å². The zero-order chi connectivity index (χ0) is 18.1. The number of carbonyl (C=O) groups is 1. The Morgan fingerprint density at radius 3 is 2.04 bits per heavy atom. The van der Waals surface area contributed by atoms with Gasteiger partial charge in [-0.2, -0.15) is 0 Å². The van der Waals surface area contributed by atoms with Crippen molar-refractivity contribution in [1.29, 1.82) is 0 Å². The van der Waals surface area contributed by atoms with Crippen LogP contribution in [-0.4, -0.2) is 11.1 Å². The van der Waals surface area contributed by atoms with Crippen molar-refractivity contribution in [3.05, 3.63) is 58.1 Å². The van der Waals surface area contributed by atoms with Crippen molar-refractivity contribution in [3.63, 3.8) is 0 Å². The Kier molecular flexibility index (Phi) is 7.51. The van der Waals surface area contributed by atoms with Crippen LogP contribution in [0.15, 0.2) is 30.3 Å². The fourth-order valence-corrected chi connectivity index (χ4v) is 3.89. The summed E-state index contributed by atoms with van der Waals surface area (Å²) in [6.45, 7) is 14.3. The Balaban J connectivity index is 0.00000312. The molecule has 2 rings (SSSR count). The monoisotopic (exact) mass is 350 g/mol. The maximum atomic E-state index is 12.8. The summed E-state index contributed by atoms with van der Waals surface area (Å²) in [6.07, 6.45) is 0. The van der Waals surface area contributed by atoms with Crippen LogP contribution in [-0.2, 0) is 0 Å². The molecule has 0 aliphatic carbocycles. The summed E-state index contributed by atoms with van der Waals surface area (Å²) in [5.41, 5.74) is 5.51. The summed E-state index contributed by atoms with van der Waals surface area (Å²) in [6, 6.07) is 9.98. The predicted octanol–water partition coefficient (Wildman–Crippen LogP) is 2.36. The minimum Gasteiger partial charge on any atom is -1.00 e. The minimum atomic E-state index is -0.215. The van der Waals surface area contributed by atoms with E-state index in [0.717, 1.165) is 27.7 Å². The Labute approximate surface area is 167 Å². The zero-order valence-corrected chi connectivity index (χ0v) is 17.7. The van der Waals surface area contributed by atoms with Gasteiger partial charge in [0.1, 0.15) is 11.4 Å². The molecule has 0 aliphatic heterocycles. The molecule has 0 N–H and O–H groups in total. The van der Waals surface area contributed by atoms with Crippen molar-refractivity contribution in [2.45, 2.75) is 54.1 Å². The van der Waals surface area contributed by atoms with E-state index in [4.69, 9.17) is 4.74 Å². The quantitative estimate of drug-likeness (QED) is 0.625. The molecule has 0 heterocycles. The average molecular weight is 350 g/mol. The third kappa shape index (κ3) is 5.72. The van der Waals surface area contributed by atoms with Crippen LogP contribution in [0.5, 0.6) is 5.75 Å². The molecule has 0 radical (unpaired) electrons. The fourth-order valence-electron chi connectivity index (χ4n) is 2.79. The van der Waals surface area contributed by atoms with Gasteiger partial charge in [0.2, 0.25) is 0 Å². The number of rotatable bonds is 4. The Bertz CT molecular complexity index is 765. The molecule has 0 fully saturated rings. The molecular formula is C21H28LiO2P. The van der Waals surface area contributed by atoms with E-state index in [0.29, 0.717) is 0 Å². The smallest absolute Gasteiger partial charge is 1.00 e. The normalized spacial score (nSPS) is 11.5. The van der Waals surface area contributed by atoms with Gasteiger partial charge >= 0.3 is 18.9 Å². The molecule has 0 bridgehead atoms. The van der Waals surface area contributed by atoms with Crippen LogP contribution in [0.4, 0.5) is 0 Å². The summed E-state index contributed by atoms with van der Waals surface area (Å²) in [7, 11) is 0.132. The van der Waals surface area contributed by atoms with E-state index >= 15 is 0 Å². The van der Waals surface area contributed by atoms with Crippen molar-refractivity contribution in [2.75, 3.05) is 0 Å². The molecule has 0 aromatic heterocycles. The second-order valence-electron chi connectivity index (χ2n) is 7.33. The first-order valence-corrected chi connectivity index (χ1v) is 9.26. The predicted molar refractivity (Wildman–Crippen MR) is 106 cm³/mol. The molecule has 0 spiro atoms. The van der Waals surface area contributed by atoms with E-state index in [1.165, 1.54) is 11.1 Å². The summed E-state index contributed by atoms with van der Waals surface area (Å²) >= 11 is 0. The molecule has 1 atom stereocenters. The van der Waals surface area contributed by atoms with Crippen LogP contribution in [0.2, 0.25) is 0 Å². The Morgan fingerprint density at radius 2 is 1.52 bits per heavy atom. The minimum absolute atomic E-state index is 0. The molecule has 4 heteroatoms. The van der Waals surface area contributed by atoms with E-state index in [2.05, 4.69) is 19.9 Å². The largest absolute Gasteiger partial charge is 1.00 e. The molecule has 2 aromatic carbocycles. The average Bonchev–Trinajstić information content (AvgIpc) is 2.45. The topological polar surface area (TPSA) is 26.3 Å². The van der Waals surface area contributed by atoms with Crippen molar-refractivity contribution >= 4 is 19.4 Å². The first kappa shape index (κ1) is 22.0. The van der Waals surface area contributed by atoms with Crippen molar-refractivity contribution in [3.8, 4) is 5.75 Å². The van der Waals surface area contributed by atoms with E-state index < -0.39 is 0 Å². The van der Waals surface area contributed by atoms with Crippen LogP contribution in [0.25, 0.3) is 0 Å². The van der Waals surface area contributed by atoms with E-state index in [9.17, 15) is 4.79 Å². The molecule has 130 valence electrons. The van der Waals surface area contributed by atoms with Crippen molar-refractivity contribution in [1.82, 2.24) is 0 Å². The summed E-state index contributed by atoms with van der Waals surface area (Å²) < 4.78 is 5.83. The Hall–Kier alpha value is -1.06. The number of aryl methyl sites for hydroxylation is 2. The molecular weight excluding hydrogens is 322 g/mol. The number of ether oxygens (including phenoxy) is 1. The second kappa shape index (κ2) is 8.55. The second-order valence-corrected chi connectivity index (χ2v) is 8.61. The van der Waals surface area contributed by atoms with E-state index in [1.54, 1.807) is 0 Å². The van der Waals surface area contributed by atoms with Gasteiger partial charge in [-0.15, -0.1) is 0 Å². The molecule has 0 saturated heterocycles. The van der Waals surface area contributed by atoms with Gasteiger partial charge in [-0.05, 0) is 96.7 Å². The molecule has 0 amide bonds. The summed E-state index contributed by atoms with van der Waals surface area (Å²) in [5, 5.41) is 1.04. The molecule has 2 aromatic rings. The number of hydrogen-bond acceptors (Lipinski definition) is 2.